The maximum atomic E-state index is 14.8. The second-order valence-electron chi connectivity index (χ2n) is 22.1. The quantitative estimate of drug-likeness (QED) is 0.0445. The van der Waals surface area contributed by atoms with Gasteiger partial charge in [0, 0.05) is 85.5 Å². The fourth-order valence-electron chi connectivity index (χ4n) is 11.7. The predicted octanol–water partition coefficient (Wildman–Crippen LogP) is 4.14. The minimum absolute atomic E-state index is 0.0329. The van der Waals surface area contributed by atoms with Crippen molar-refractivity contribution in [1.82, 2.24) is 40.9 Å². The van der Waals surface area contributed by atoms with Gasteiger partial charge in [-0.05, 0) is 118 Å². The minimum Gasteiger partial charge on any atom is -0.370 e. The summed E-state index contributed by atoms with van der Waals surface area (Å²) < 4.78 is 41.2. The standard InChI is InChI=1S/C58H66F2N9O12PS/c1-33(2)67-28-25-39-16-18-45(69(39)56(77)43(32-67)63-54(75)47-30-37-29-38(15-20-46(37)83-47)58(59,60)82(79,80)81)53(74)62-42(17-21-48(61)70)51(72)65-50(36-11-4-3-5-12-36)57(78)66-26-23-34(24-27-66)9-6-7-10-35-13-8-14-40-41(35)31-68(55(40)76)44-19-22-49(71)64-52(44)73/h3-5,8,11-15,20,29-30,33-34,39,42-45,50H,6,9,16-19,21-28,31-32H2,1-2H3,(H2,61,70)(H,62,74)(H,63,75)(H,65,72)(H,64,71,73)(H2,79,80,81)/t39-,42+,43+,44?,45+,50+/m1/s1. The van der Waals surface area contributed by atoms with E-state index in [9.17, 15) is 66.3 Å². The Hall–Kier alpha value is -7.42. The number of hydrogen-bond donors (Lipinski definition) is 7. The van der Waals surface area contributed by atoms with Crippen LogP contribution in [0.1, 0.15) is 133 Å². The first-order valence-electron chi connectivity index (χ1n) is 27.8. The van der Waals surface area contributed by atoms with Crippen LogP contribution in [-0.2, 0) is 50.3 Å². The number of likely N-dealkylation sites (tertiary alicyclic amines) is 1. The maximum Gasteiger partial charge on any atom is 0.399 e. The third-order valence-corrected chi connectivity index (χ3v) is 18.5. The van der Waals surface area contributed by atoms with Crippen LogP contribution in [0, 0.1) is 17.8 Å². The summed E-state index contributed by atoms with van der Waals surface area (Å²) in [7, 11) is -5.87. The molecule has 5 aliphatic rings. The second-order valence-corrected chi connectivity index (χ2v) is 24.8. The van der Waals surface area contributed by atoms with Gasteiger partial charge in [0.2, 0.25) is 41.4 Å². The zero-order valence-electron chi connectivity index (χ0n) is 45.8. The number of carbonyl (C=O) groups is 9. The van der Waals surface area contributed by atoms with Crippen molar-refractivity contribution in [3.63, 3.8) is 0 Å². The summed E-state index contributed by atoms with van der Waals surface area (Å²) in [5.74, 6) is 1.71. The van der Waals surface area contributed by atoms with E-state index in [1.54, 1.807) is 47.4 Å². The number of nitrogens with one attached hydrogen (secondary N) is 4. The number of imide groups is 1. The van der Waals surface area contributed by atoms with E-state index < -0.39 is 90.5 Å². The molecule has 0 aliphatic carbocycles. The number of amides is 9. The Balaban J connectivity index is 0.843. The first-order valence-corrected chi connectivity index (χ1v) is 30.2. The van der Waals surface area contributed by atoms with Gasteiger partial charge in [-0.15, -0.1) is 11.3 Å². The summed E-state index contributed by atoms with van der Waals surface area (Å²) >= 11 is 0.927. The third-order valence-electron chi connectivity index (χ3n) is 16.4. The number of alkyl halides is 2. The summed E-state index contributed by atoms with van der Waals surface area (Å²) in [5, 5.41) is 10.9. The lowest BCUT2D eigenvalue weighted by Gasteiger charge is -2.40. The number of halogens is 2. The van der Waals surface area contributed by atoms with Crippen molar-refractivity contribution < 1.29 is 66.3 Å². The van der Waals surface area contributed by atoms with Gasteiger partial charge in [0.25, 0.3) is 11.8 Å². The molecule has 0 radical (unpaired) electrons. The molecule has 0 saturated carbocycles. The van der Waals surface area contributed by atoms with Crippen molar-refractivity contribution in [2.75, 3.05) is 26.2 Å². The van der Waals surface area contributed by atoms with Crippen molar-refractivity contribution in [2.45, 2.75) is 139 Å². The number of rotatable bonds is 17. The van der Waals surface area contributed by atoms with Crippen molar-refractivity contribution in [3.05, 3.63) is 105 Å². The van der Waals surface area contributed by atoms with Gasteiger partial charge in [0.05, 0.1) is 4.88 Å². The molecule has 3 aromatic carbocycles. The monoisotopic (exact) mass is 1180 g/mol. The molecule has 25 heteroatoms. The Bertz CT molecular complexity index is 3340. The molecule has 9 amide bonds. The Kier molecular flexibility index (Phi) is 18.3. The van der Waals surface area contributed by atoms with Gasteiger partial charge in [-0.1, -0.05) is 54.3 Å². The van der Waals surface area contributed by atoms with Gasteiger partial charge in [0.1, 0.15) is 30.2 Å². The van der Waals surface area contributed by atoms with Crippen LogP contribution in [0.25, 0.3) is 10.1 Å². The highest BCUT2D eigenvalue weighted by molar-refractivity contribution is 7.52. The van der Waals surface area contributed by atoms with Crippen LogP contribution in [0.15, 0.2) is 72.8 Å². The topological polar surface area (TPSA) is 298 Å². The number of nitrogens with zero attached hydrogens (tertiary/aromatic N) is 4. The molecule has 0 bridgehead atoms. The maximum absolute atomic E-state index is 14.8. The SMILES string of the molecule is CC(C)N1CC[C@H]2CC[C@@H](C(=O)N[C@@H](CCC(N)=O)C(=O)N[C@H](C(=O)N3CCC(CCC#Cc4cccc5c4CN(C4CCC(=O)NC4=O)C5=O)CC3)c3ccccc3)N2C(=O)[C@@H](NC(=O)c2cc3cc(C(F)(F)P(=O)(O)O)ccc3s2)C1. The van der Waals surface area contributed by atoms with E-state index in [1.165, 1.54) is 21.9 Å². The molecule has 9 rings (SSSR count). The molecule has 4 fully saturated rings. The third kappa shape index (κ3) is 13.3. The van der Waals surface area contributed by atoms with Crippen LogP contribution in [0.4, 0.5) is 8.78 Å². The lowest BCUT2D eigenvalue weighted by molar-refractivity contribution is -0.144. The molecule has 440 valence electrons. The van der Waals surface area contributed by atoms with Crippen LogP contribution in [-0.4, -0.2) is 145 Å². The highest BCUT2D eigenvalue weighted by Gasteiger charge is 2.51. The number of thiophene rings is 1. The molecule has 0 spiro atoms. The smallest absolute Gasteiger partial charge is 0.370 e. The van der Waals surface area contributed by atoms with Gasteiger partial charge in [-0.25, -0.2) is 0 Å². The number of hydrogen-bond acceptors (Lipinski definition) is 12. The van der Waals surface area contributed by atoms with E-state index in [4.69, 9.17) is 5.73 Å². The van der Waals surface area contributed by atoms with Crippen LogP contribution in [0.3, 0.4) is 0 Å². The number of carbonyl (C=O) groups excluding carboxylic acids is 9. The average Bonchev–Trinajstić information content (AvgIpc) is 4.42. The minimum atomic E-state index is -5.87. The number of primary amides is 1. The fraction of sp³-hybridized carbons (Fsp3) is 0.466. The lowest BCUT2D eigenvalue weighted by atomic mass is 9.91. The molecule has 1 unspecified atom stereocenters. The van der Waals surface area contributed by atoms with Crippen LogP contribution < -0.4 is 27.0 Å². The van der Waals surface area contributed by atoms with Gasteiger partial charge >= 0.3 is 13.3 Å². The van der Waals surface area contributed by atoms with Crippen molar-refractivity contribution >= 4 is 82.2 Å². The summed E-state index contributed by atoms with van der Waals surface area (Å²) in [4.78, 5) is 147. The number of fused-ring (bicyclic) bond motifs is 3. The molecule has 6 heterocycles. The largest absolute Gasteiger partial charge is 0.399 e. The zero-order chi connectivity index (χ0) is 59.5. The van der Waals surface area contributed by atoms with E-state index in [-0.39, 0.29) is 85.1 Å². The molecular formula is C58H66F2N9O12PS. The van der Waals surface area contributed by atoms with E-state index >= 15 is 0 Å². The van der Waals surface area contributed by atoms with E-state index in [1.807, 2.05) is 24.8 Å². The van der Waals surface area contributed by atoms with Crippen LogP contribution >= 0.6 is 18.9 Å². The highest BCUT2D eigenvalue weighted by atomic mass is 32.1. The first-order chi connectivity index (χ1) is 39.5. The van der Waals surface area contributed by atoms with Crippen molar-refractivity contribution in [2.24, 2.45) is 11.7 Å². The van der Waals surface area contributed by atoms with Crippen molar-refractivity contribution in [3.8, 4) is 11.8 Å². The molecule has 6 atom stereocenters. The summed E-state index contributed by atoms with van der Waals surface area (Å²) in [6.45, 7) is 5.41. The highest BCUT2D eigenvalue weighted by Crippen LogP contribution is 2.59. The van der Waals surface area contributed by atoms with E-state index in [0.29, 0.717) is 73.1 Å². The molecule has 1 aromatic heterocycles. The van der Waals surface area contributed by atoms with Crippen LogP contribution in [0.2, 0.25) is 0 Å². The normalized spacial score (nSPS) is 21.5. The molecule has 8 N–H and O–H groups in total. The lowest BCUT2D eigenvalue weighted by Crippen LogP contribution is -2.62. The van der Waals surface area contributed by atoms with Gasteiger partial charge in [-0.2, -0.15) is 8.78 Å². The Morgan fingerprint density at radius 2 is 1.65 bits per heavy atom. The van der Waals surface area contributed by atoms with Crippen molar-refractivity contribution in [1.29, 1.82) is 0 Å². The number of piperidine rings is 2. The average molecular weight is 1180 g/mol. The molecule has 5 aliphatic heterocycles. The van der Waals surface area contributed by atoms with E-state index in [2.05, 4.69) is 33.1 Å². The zero-order valence-corrected chi connectivity index (χ0v) is 47.5. The van der Waals surface area contributed by atoms with Crippen LogP contribution in [0.5, 0.6) is 0 Å². The molecule has 4 saturated heterocycles. The summed E-state index contributed by atoms with van der Waals surface area (Å²) in [6, 6.07) is 12.1. The predicted molar refractivity (Wildman–Crippen MR) is 300 cm³/mol. The molecular weight excluding hydrogens is 1120 g/mol. The summed E-state index contributed by atoms with van der Waals surface area (Å²) in [5.41, 5.74) is 2.55. The van der Waals surface area contributed by atoms with Gasteiger partial charge < -0.3 is 46.2 Å². The number of benzene rings is 3. The second kappa shape index (κ2) is 25.2. The Morgan fingerprint density at radius 1 is 0.904 bits per heavy atom. The van der Waals surface area contributed by atoms with E-state index in [0.717, 1.165) is 35.5 Å². The molecule has 21 nitrogen and oxygen atoms in total. The number of nitrogens with two attached hydrogens (primary N) is 1. The Morgan fingerprint density at radius 3 is 2.35 bits per heavy atom. The summed E-state index contributed by atoms with van der Waals surface area (Å²) in [6.07, 6.45) is 3.58. The van der Waals surface area contributed by atoms with Gasteiger partial charge in [0.15, 0.2) is 0 Å². The molecule has 83 heavy (non-hydrogen) atoms. The molecule has 4 aromatic rings. The Labute approximate surface area is 481 Å². The van der Waals surface area contributed by atoms with Gasteiger partial charge in [-0.3, -0.25) is 57.9 Å². The fourth-order valence-corrected chi connectivity index (χ4v) is 13.2. The first kappa shape index (κ1) is 60.2.